The molecule has 1 aromatic carbocycles. The number of piperidine rings is 1. The van der Waals surface area contributed by atoms with Gasteiger partial charge in [0, 0.05) is 39.1 Å². The van der Waals surface area contributed by atoms with E-state index in [9.17, 15) is 14.0 Å². The summed E-state index contributed by atoms with van der Waals surface area (Å²) >= 11 is 0. The topological polar surface area (TPSA) is 43.9 Å². The Morgan fingerprint density at radius 1 is 1.17 bits per heavy atom. The molecule has 158 valence electrons. The van der Waals surface area contributed by atoms with Crippen LogP contribution in [0.15, 0.2) is 24.3 Å². The molecule has 5 nitrogen and oxygen atoms in total. The predicted molar refractivity (Wildman–Crippen MR) is 110 cm³/mol. The average Bonchev–Trinajstić information content (AvgIpc) is 3.49. The third-order valence-electron chi connectivity index (χ3n) is 6.77. The molecule has 6 heteroatoms. The van der Waals surface area contributed by atoms with Crippen molar-refractivity contribution >= 4 is 11.8 Å². The maximum absolute atomic E-state index is 13.8. The Morgan fingerprint density at radius 3 is 2.59 bits per heavy atom. The molecule has 2 aliphatic heterocycles. The van der Waals surface area contributed by atoms with Crippen molar-refractivity contribution in [3.05, 3.63) is 35.6 Å². The average molecular weight is 402 g/mol. The number of benzene rings is 1. The molecule has 0 N–H and O–H groups in total. The molecule has 29 heavy (non-hydrogen) atoms. The Hall–Kier alpha value is -1.95. The van der Waals surface area contributed by atoms with Gasteiger partial charge in [-0.25, -0.2) is 4.39 Å². The highest BCUT2D eigenvalue weighted by Gasteiger charge is 2.42. The van der Waals surface area contributed by atoms with E-state index in [1.54, 1.807) is 6.07 Å². The standard InChI is InChI=1S/C23H32FN3O2/c1-25(23(29)19-14-22(28)27(16-19)20-6-7-20)15-17-8-11-26(12-9-17)13-10-18-4-2-3-5-21(18)24/h2-5,17,19-20H,6-16H2,1H3. The fourth-order valence-corrected chi connectivity index (χ4v) is 4.80. The van der Waals surface area contributed by atoms with Crippen molar-refractivity contribution in [1.82, 2.24) is 14.7 Å². The summed E-state index contributed by atoms with van der Waals surface area (Å²) in [6.07, 6.45) is 5.44. The predicted octanol–water partition coefficient (Wildman–Crippen LogP) is 2.55. The van der Waals surface area contributed by atoms with E-state index in [2.05, 4.69) is 4.90 Å². The Morgan fingerprint density at radius 2 is 1.90 bits per heavy atom. The Bertz CT molecular complexity index is 743. The molecule has 1 unspecified atom stereocenters. The van der Waals surface area contributed by atoms with Crippen molar-refractivity contribution in [3.63, 3.8) is 0 Å². The molecule has 0 bridgehead atoms. The van der Waals surface area contributed by atoms with Gasteiger partial charge in [-0.3, -0.25) is 9.59 Å². The monoisotopic (exact) mass is 401 g/mol. The number of amides is 2. The van der Waals surface area contributed by atoms with Crippen molar-refractivity contribution in [3.8, 4) is 0 Å². The van der Waals surface area contributed by atoms with Crippen LogP contribution < -0.4 is 0 Å². The second-order valence-electron chi connectivity index (χ2n) is 9.02. The minimum atomic E-state index is -0.158. The van der Waals surface area contributed by atoms with Crippen molar-refractivity contribution in [2.75, 3.05) is 39.8 Å². The first-order valence-electron chi connectivity index (χ1n) is 11.0. The molecule has 3 fully saturated rings. The molecule has 2 amide bonds. The maximum atomic E-state index is 13.8. The van der Waals surface area contributed by atoms with E-state index in [0.29, 0.717) is 24.9 Å². The lowest BCUT2D eigenvalue weighted by Gasteiger charge is -2.34. The van der Waals surface area contributed by atoms with Gasteiger partial charge < -0.3 is 14.7 Å². The highest BCUT2D eigenvalue weighted by atomic mass is 19.1. The van der Waals surface area contributed by atoms with E-state index in [-0.39, 0.29) is 23.5 Å². The number of hydrogen-bond acceptors (Lipinski definition) is 3. The molecular formula is C23H32FN3O2. The van der Waals surface area contributed by atoms with Gasteiger partial charge in [0.05, 0.1) is 5.92 Å². The second-order valence-corrected chi connectivity index (χ2v) is 9.02. The molecular weight excluding hydrogens is 369 g/mol. The highest BCUT2D eigenvalue weighted by molar-refractivity contribution is 5.89. The first kappa shape index (κ1) is 20.3. The van der Waals surface area contributed by atoms with Crippen LogP contribution in [-0.4, -0.2) is 72.3 Å². The Labute approximate surface area is 172 Å². The van der Waals surface area contributed by atoms with Gasteiger partial charge in [0.2, 0.25) is 11.8 Å². The molecule has 1 atom stereocenters. The van der Waals surface area contributed by atoms with Crippen LogP contribution in [0.1, 0.15) is 37.7 Å². The van der Waals surface area contributed by atoms with Gasteiger partial charge in [-0.05, 0) is 62.7 Å². The van der Waals surface area contributed by atoms with Crippen molar-refractivity contribution in [2.45, 2.75) is 44.6 Å². The van der Waals surface area contributed by atoms with Gasteiger partial charge in [-0.15, -0.1) is 0 Å². The van der Waals surface area contributed by atoms with Gasteiger partial charge >= 0.3 is 0 Å². The normalized spacial score (nSPS) is 23.6. The smallest absolute Gasteiger partial charge is 0.227 e. The van der Waals surface area contributed by atoms with Crippen LogP contribution in [0.4, 0.5) is 4.39 Å². The number of hydrogen-bond donors (Lipinski definition) is 0. The lowest BCUT2D eigenvalue weighted by Crippen LogP contribution is -2.42. The quantitative estimate of drug-likeness (QED) is 0.705. The van der Waals surface area contributed by atoms with E-state index in [1.165, 1.54) is 6.07 Å². The zero-order valence-corrected chi connectivity index (χ0v) is 17.4. The van der Waals surface area contributed by atoms with E-state index < -0.39 is 0 Å². The molecule has 2 heterocycles. The summed E-state index contributed by atoms with van der Waals surface area (Å²) in [5.41, 5.74) is 0.784. The molecule has 1 aliphatic carbocycles. The van der Waals surface area contributed by atoms with Crippen molar-refractivity contribution in [1.29, 1.82) is 0 Å². The van der Waals surface area contributed by atoms with E-state index >= 15 is 0 Å². The summed E-state index contributed by atoms with van der Waals surface area (Å²) in [7, 11) is 1.89. The van der Waals surface area contributed by atoms with Crippen molar-refractivity contribution < 1.29 is 14.0 Å². The lowest BCUT2D eigenvalue weighted by molar-refractivity contribution is -0.135. The summed E-state index contributed by atoms with van der Waals surface area (Å²) in [6.45, 7) is 4.26. The van der Waals surface area contributed by atoms with Gasteiger partial charge in [0.1, 0.15) is 5.82 Å². The molecule has 3 aliphatic rings. The van der Waals surface area contributed by atoms with Crippen LogP contribution in [-0.2, 0) is 16.0 Å². The number of carbonyl (C=O) groups is 2. The zero-order chi connectivity index (χ0) is 20.4. The third-order valence-corrected chi connectivity index (χ3v) is 6.77. The van der Waals surface area contributed by atoms with Crippen LogP contribution >= 0.6 is 0 Å². The van der Waals surface area contributed by atoms with Crippen LogP contribution in [0.5, 0.6) is 0 Å². The minimum Gasteiger partial charge on any atom is -0.345 e. The Kier molecular flexibility index (Phi) is 6.18. The molecule has 1 aromatic rings. The SMILES string of the molecule is CN(CC1CCN(CCc2ccccc2F)CC1)C(=O)C1CC(=O)N(C2CC2)C1. The van der Waals surface area contributed by atoms with E-state index in [1.807, 2.05) is 29.0 Å². The van der Waals surface area contributed by atoms with Crippen molar-refractivity contribution in [2.24, 2.45) is 11.8 Å². The molecule has 1 saturated carbocycles. The zero-order valence-electron chi connectivity index (χ0n) is 17.4. The number of likely N-dealkylation sites (tertiary alicyclic amines) is 2. The summed E-state index contributed by atoms with van der Waals surface area (Å²) in [5.74, 6) is 0.512. The molecule has 2 saturated heterocycles. The first-order chi connectivity index (χ1) is 14.0. The molecule has 0 aromatic heterocycles. The fraction of sp³-hybridized carbons (Fsp3) is 0.652. The van der Waals surface area contributed by atoms with E-state index in [0.717, 1.165) is 63.8 Å². The summed E-state index contributed by atoms with van der Waals surface area (Å²) < 4.78 is 13.8. The maximum Gasteiger partial charge on any atom is 0.227 e. The van der Waals surface area contributed by atoms with Crippen LogP contribution in [0, 0.1) is 17.7 Å². The first-order valence-corrected chi connectivity index (χ1v) is 11.0. The highest BCUT2D eigenvalue weighted by Crippen LogP contribution is 2.33. The number of halogens is 1. The van der Waals surface area contributed by atoms with Gasteiger partial charge in [-0.2, -0.15) is 0 Å². The number of carbonyl (C=O) groups excluding carboxylic acids is 2. The largest absolute Gasteiger partial charge is 0.345 e. The van der Waals surface area contributed by atoms with Gasteiger partial charge in [0.15, 0.2) is 0 Å². The summed E-state index contributed by atoms with van der Waals surface area (Å²) in [4.78, 5) is 31.1. The summed E-state index contributed by atoms with van der Waals surface area (Å²) in [6, 6.07) is 7.41. The van der Waals surface area contributed by atoms with Gasteiger partial charge in [-0.1, -0.05) is 18.2 Å². The molecule has 0 spiro atoms. The molecule has 4 rings (SSSR count). The lowest BCUT2D eigenvalue weighted by atomic mass is 9.95. The van der Waals surface area contributed by atoms with Crippen LogP contribution in [0.3, 0.4) is 0 Å². The third kappa shape index (κ3) is 4.97. The summed E-state index contributed by atoms with van der Waals surface area (Å²) in [5, 5.41) is 0. The number of nitrogens with zero attached hydrogens (tertiary/aromatic N) is 3. The van der Waals surface area contributed by atoms with Crippen LogP contribution in [0.25, 0.3) is 0 Å². The second kappa shape index (κ2) is 8.82. The number of rotatable bonds is 7. The molecule has 0 radical (unpaired) electrons. The van der Waals surface area contributed by atoms with E-state index in [4.69, 9.17) is 0 Å². The Balaban J connectivity index is 1.19. The van der Waals surface area contributed by atoms with Gasteiger partial charge in [0.25, 0.3) is 0 Å². The van der Waals surface area contributed by atoms with Crippen LogP contribution in [0.2, 0.25) is 0 Å². The fourth-order valence-electron chi connectivity index (χ4n) is 4.80. The minimum absolute atomic E-state index is 0.117.